The number of alkyl halides is 5. The minimum atomic E-state index is -4.51. The molecule has 0 aliphatic heterocycles. The second-order valence-electron chi connectivity index (χ2n) is 5.94. The van der Waals surface area contributed by atoms with Gasteiger partial charge in [0.15, 0.2) is 0 Å². The molecule has 1 fully saturated rings. The van der Waals surface area contributed by atoms with Crippen LogP contribution in [0.3, 0.4) is 0 Å². The fourth-order valence-electron chi connectivity index (χ4n) is 2.55. The van der Waals surface area contributed by atoms with Crippen molar-refractivity contribution in [3.63, 3.8) is 0 Å². The van der Waals surface area contributed by atoms with Crippen molar-refractivity contribution < 1.29 is 22.0 Å². The molecule has 0 bridgehead atoms. The van der Waals surface area contributed by atoms with Gasteiger partial charge in [0.1, 0.15) is 19.4 Å². The van der Waals surface area contributed by atoms with Crippen molar-refractivity contribution >= 4 is 11.6 Å². The summed E-state index contributed by atoms with van der Waals surface area (Å²) in [6.45, 7) is -0.234. The lowest BCUT2D eigenvalue weighted by atomic mass is 10.1. The first-order valence-electron chi connectivity index (χ1n) is 7.72. The van der Waals surface area contributed by atoms with Gasteiger partial charge in [-0.3, -0.25) is 4.68 Å². The van der Waals surface area contributed by atoms with E-state index in [1.807, 2.05) is 0 Å². The van der Waals surface area contributed by atoms with Gasteiger partial charge in [0.2, 0.25) is 5.95 Å². The van der Waals surface area contributed by atoms with Crippen LogP contribution >= 0.6 is 0 Å². The Bertz CT molecular complexity index is 749. The van der Waals surface area contributed by atoms with Crippen molar-refractivity contribution in [1.29, 1.82) is 0 Å². The van der Waals surface area contributed by atoms with Gasteiger partial charge in [-0.15, -0.1) is 0 Å². The van der Waals surface area contributed by atoms with Crippen LogP contribution in [0.1, 0.15) is 41.8 Å². The molecular weight excluding hydrogens is 345 g/mol. The maximum atomic E-state index is 13.0. The van der Waals surface area contributed by atoms with Crippen LogP contribution < -0.4 is 5.32 Å². The molecule has 0 atom stereocenters. The summed E-state index contributed by atoms with van der Waals surface area (Å²) in [5.74, 6) is -0.221. The second-order valence-corrected chi connectivity index (χ2v) is 5.94. The summed E-state index contributed by atoms with van der Waals surface area (Å²) >= 11 is 0. The average molecular weight is 361 g/mol. The number of rotatable bonds is 6. The Hall–Kier alpha value is -2.26. The molecular formula is C15H16F5N5. The second kappa shape index (κ2) is 6.57. The van der Waals surface area contributed by atoms with E-state index >= 15 is 0 Å². The minimum Gasteiger partial charge on any atom is -0.321 e. The van der Waals surface area contributed by atoms with Crippen molar-refractivity contribution in [3.8, 4) is 0 Å². The van der Waals surface area contributed by atoms with E-state index < -0.39 is 31.1 Å². The first-order chi connectivity index (χ1) is 11.8. The van der Waals surface area contributed by atoms with Gasteiger partial charge >= 0.3 is 6.18 Å². The van der Waals surface area contributed by atoms with E-state index in [9.17, 15) is 22.0 Å². The Balaban J connectivity index is 1.88. The van der Waals surface area contributed by atoms with Gasteiger partial charge in [0, 0.05) is 12.1 Å². The highest BCUT2D eigenvalue weighted by atomic mass is 19.4. The summed E-state index contributed by atoms with van der Waals surface area (Å²) in [6, 6.07) is -1.04. The number of anilines is 2. The standard InChI is InChI=1S/C15H16F5N5/c1-8-12(7-22-25(8)10(4-16)5-17)23-14-21-6-11(15(18,19)20)13(24-14)9-2-3-9/h6-7,9-10H,2-5H2,1H3,(H,21,23,24). The first-order valence-corrected chi connectivity index (χ1v) is 7.72. The molecule has 1 saturated carbocycles. The molecule has 3 rings (SSSR count). The third-order valence-corrected chi connectivity index (χ3v) is 4.08. The largest absolute Gasteiger partial charge is 0.419 e. The molecule has 0 saturated heterocycles. The average Bonchev–Trinajstić information content (AvgIpc) is 3.35. The lowest BCUT2D eigenvalue weighted by molar-refractivity contribution is -0.138. The summed E-state index contributed by atoms with van der Waals surface area (Å²) < 4.78 is 65.9. The fraction of sp³-hybridized carbons (Fsp3) is 0.533. The smallest absolute Gasteiger partial charge is 0.321 e. The third-order valence-electron chi connectivity index (χ3n) is 4.08. The van der Waals surface area contributed by atoms with E-state index in [1.54, 1.807) is 6.92 Å². The van der Waals surface area contributed by atoms with Crippen molar-refractivity contribution in [3.05, 3.63) is 29.3 Å². The topological polar surface area (TPSA) is 55.6 Å². The number of nitrogens with zero attached hydrogens (tertiary/aromatic N) is 4. The van der Waals surface area contributed by atoms with E-state index in [-0.39, 0.29) is 17.6 Å². The molecule has 0 unspecified atom stereocenters. The lowest BCUT2D eigenvalue weighted by Crippen LogP contribution is -2.16. The molecule has 0 amide bonds. The predicted octanol–water partition coefficient (Wildman–Crippen LogP) is 4.10. The van der Waals surface area contributed by atoms with Crippen molar-refractivity contribution in [2.45, 2.75) is 37.9 Å². The minimum absolute atomic E-state index is 0.00500. The molecule has 0 radical (unpaired) electrons. The van der Waals surface area contributed by atoms with E-state index in [0.29, 0.717) is 24.2 Å². The van der Waals surface area contributed by atoms with Crippen LogP contribution in [0, 0.1) is 6.92 Å². The number of nitrogens with one attached hydrogen (secondary N) is 1. The summed E-state index contributed by atoms with van der Waals surface area (Å²) in [5.41, 5.74) is -0.0338. The Morgan fingerprint density at radius 1 is 1.24 bits per heavy atom. The van der Waals surface area contributed by atoms with Crippen molar-refractivity contribution in [1.82, 2.24) is 19.7 Å². The molecule has 2 aromatic heterocycles. The maximum absolute atomic E-state index is 13.0. The Morgan fingerprint density at radius 2 is 1.92 bits per heavy atom. The monoisotopic (exact) mass is 361 g/mol. The van der Waals surface area contributed by atoms with Gasteiger partial charge in [-0.1, -0.05) is 0 Å². The Morgan fingerprint density at radius 3 is 2.48 bits per heavy atom. The van der Waals surface area contributed by atoms with Gasteiger partial charge in [0.05, 0.1) is 28.8 Å². The van der Waals surface area contributed by atoms with E-state index in [4.69, 9.17) is 0 Å². The van der Waals surface area contributed by atoms with Gasteiger partial charge in [-0.05, 0) is 19.8 Å². The normalized spacial score (nSPS) is 15.0. The van der Waals surface area contributed by atoms with Crippen LogP contribution in [0.4, 0.5) is 33.6 Å². The molecule has 1 aliphatic carbocycles. The molecule has 2 heterocycles. The molecule has 0 spiro atoms. The Labute approximate surface area is 140 Å². The maximum Gasteiger partial charge on any atom is 0.419 e. The summed E-state index contributed by atoms with van der Waals surface area (Å²) in [6.07, 6.45) is -1.09. The van der Waals surface area contributed by atoms with Crippen LogP contribution in [-0.4, -0.2) is 33.1 Å². The van der Waals surface area contributed by atoms with Gasteiger partial charge in [-0.2, -0.15) is 18.3 Å². The highest BCUT2D eigenvalue weighted by Gasteiger charge is 2.40. The molecule has 10 heteroatoms. The van der Waals surface area contributed by atoms with E-state index in [0.717, 1.165) is 6.20 Å². The first kappa shape index (κ1) is 17.6. The van der Waals surface area contributed by atoms with Crippen LogP contribution in [0.5, 0.6) is 0 Å². The molecule has 0 aromatic carbocycles. The SMILES string of the molecule is Cc1c(Nc2ncc(C(F)(F)F)c(C3CC3)n2)cnn1C(CF)CF. The van der Waals surface area contributed by atoms with Crippen LogP contribution in [-0.2, 0) is 6.18 Å². The zero-order chi connectivity index (χ0) is 18.2. The summed E-state index contributed by atoms with van der Waals surface area (Å²) in [7, 11) is 0. The fourth-order valence-corrected chi connectivity index (χ4v) is 2.55. The molecule has 25 heavy (non-hydrogen) atoms. The number of hydrogen-bond donors (Lipinski definition) is 1. The zero-order valence-electron chi connectivity index (χ0n) is 13.3. The number of halogens is 5. The van der Waals surface area contributed by atoms with Gasteiger partial charge in [0.25, 0.3) is 0 Å². The molecule has 1 aliphatic rings. The third kappa shape index (κ3) is 3.57. The highest BCUT2D eigenvalue weighted by molar-refractivity contribution is 5.55. The summed E-state index contributed by atoms with van der Waals surface area (Å²) in [5, 5.41) is 6.70. The number of aromatic nitrogens is 4. The van der Waals surface area contributed by atoms with Gasteiger partial charge in [-0.25, -0.2) is 18.7 Å². The lowest BCUT2D eigenvalue weighted by Gasteiger charge is -2.14. The van der Waals surface area contributed by atoms with E-state index in [2.05, 4.69) is 20.4 Å². The number of hydrogen-bond acceptors (Lipinski definition) is 4. The highest BCUT2D eigenvalue weighted by Crippen LogP contribution is 2.45. The molecule has 2 aromatic rings. The Kier molecular flexibility index (Phi) is 4.61. The van der Waals surface area contributed by atoms with Crippen molar-refractivity contribution in [2.24, 2.45) is 0 Å². The summed E-state index contributed by atoms with van der Waals surface area (Å²) in [4.78, 5) is 7.72. The molecule has 5 nitrogen and oxygen atoms in total. The van der Waals surface area contributed by atoms with Crippen LogP contribution in [0.2, 0.25) is 0 Å². The van der Waals surface area contributed by atoms with E-state index in [1.165, 1.54) is 10.9 Å². The molecule has 136 valence electrons. The zero-order valence-corrected chi connectivity index (χ0v) is 13.3. The van der Waals surface area contributed by atoms with Crippen molar-refractivity contribution in [2.75, 3.05) is 18.7 Å². The van der Waals surface area contributed by atoms with Crippen LogP contribution in [0.15, 0.2) is 12.4 Å². The molecule has 1 N–H and O–H groups in total. The van der Waals surface area contributed by atoms with Crippen LogP contribution in [0.25, 0.3) is 0 Å². The quantitative estimate of drug-likeness (QED) is 0.787. The van der Waals surface area contributed by atoms with Gasteiger partial charge < -0.3 is 5.32 Å². The predicted molar refractivity (Wildman–Crippen MR) is 80.2 cm³/mol.